The molecule has 0 bridgehead atoms. The highest BCUT2D eigenvalue weighted by atomic mass is 16.6. The third kappa shape index (κ3) is 2.98. The molecule has 2 saturated heterocycles. The summed E-state index contributed by atoms with van der Waals surface area (Å²) in [5, 5.41) is 8.45. The molecule has 0 amide bonds. The van der Waals surface area contributed by atoms with E-state index in [9.17, 15) is 0 Å². The van der Waals surface area contributed by atoms with E-state index < -0.39 is 0 Å². The minimum absolute atomic E-state index is 0.109. The fourth-order valence-electron chi connectivity index (χ4n) is 2.22. The average Bonchev–Trinajstić information content (AvgIpc) is 2.94. The fourth-order valence-corrected chi connectivity index (χ4v) is 2.22. The van der Waals surface area contributed by atoms with Gasteiger partial charge in [0, 0.05) is 0 Å². The SMILES string of the molecule is [C-]#[N+]CCO[C@H]1CO[C@H]2[C@@H]1OC[C@H]2OCCC#N. The van der Waals surface area contributed by atoms with E-state index in [2.05, 4.69) is 4.85 Å². The highest BCUT2D eigenvalue weighted by Crippen LogP contribution is 2.30. The highest BCUT2D eigenvalue weighted by Gasteiger charge is 2.48. The number of hydrogen-bond donors (Lipinski definition) is 0. The van der Waals surface area contributed by atoms with Crippen molar-refractivity contribution in [2.75, 3.05) is 33.0 Å². The zero-order valence-corrected chi connectivity index (χ0v) is 10.1. The van der Waals surface area contributed by atoms with Crippen LogP contribution in [0.2, 0.25) is 0 Å². The fraction of sp³-hybridized carbons (Fsp3) is 0.833. The quantitative estimate of drug-likeness (QED) is 0.505. The number of rotatable bonds is 6. The first-order valence-electron chi connectivity index (χ1n) is 6.03. The molecule has 6 nitrogen and oxygen atoms in total. The van der Waals surface area contributed by atoms with Crippen molar-refractivity contribution < 1.29 is 18.9 Å². The van der Waals surface area contributed by atoms with Crippen molar-refractivity contribution in [3.8, 4) is 6.07 Å². The van der Waals surface area contributed by atoms with Gasteiger partial charge in [0.2, 0.25) is 6.54 Å². The Balaban J connectivity index is 1.76. The van der Waals surface area contributed by atoms with Crippen molar-refractivity contribution in [3.63, 3.8) is 0 Å². The van der Waals surface area contributed by atoms with E-state index in [0.29, 0.717) is 39.4 Å². The van der Waals surface area contributed by atoms with Gasteiger partial charge in [-0.05, 0) is 0 Å². The monoisotopic (exact) mass is 252 g/mol. The molecule has 6 heteroatoms. The van der Waals surface area contributed by atoms with E-state index in [1.54, 1.807) is 0 Å². The molecular formula is C12H16N2O4. The first kappa shape index (κ1) is 13.3. The normalized spacial score (nSPS) is 33.9. The van der Waals surface area contributed by atoms with Gasteiger partial charge in [-0.25, -0.2) is 6.57 Å². The Morgan fingerprint density at radius 1 is 1.17 bits per heavy atom. The van der Waals surface area contributed by atoms with Crippen LogP contribution in [0.5, 0.6) is 0 Å². The summed E-state index contributed by atoms with van der Waals surface area (Å²) in [7, 11) is 0. The van der Waals surface area contributed by atoms with Crippen molar-refractivity contribution >= 4 is 0 Å². The summed E-state index contributed by atoms with van der Waals surface area (Å²) in [4.78, 5) is 3.24. The van der Waals surface area contributed by atoms with Crippen LogP contribution in [0.3, 0.4) is 0 Å². The molecule has 2 heterocycles. The molecule has 0 aliphatic carbocycles. The predicted octanol–water partition coefficient (Wildman–Crippen LogP) is 0.387. The number of ether oxygens (including phenoxy) is 4. The molecule has 0 radical (unpaired) electrons. The molecule has 98 valence electrons. The molecule has 2 aliphatic heterocycles. The molecule has 0 aromatic carbocycles. The highest BCUT2D eigenvalue weighted by molar-refractivity contribution is 4.96. The Morgan fingerprint density at radius 2 is 1.78 bits per heavy atom. The summed E-state index contributed by atoms with van der Waals surface area (Å²) in [6, 6.07) is 2.03. The maximum Gasteiger partial charge on any atom is 0.237 e. The van der Waals surface area contributed by atoms with Crippen LogP contribution in [0.25, 0.3) is 4.85 Å². The lowest BCUT2D eigenvalue weighted by atomic mass is 10.1. The molecule has 0 spiro atoms. The second-order valence-corrected chi connectivity index (χ2v) is 4.20. The largest absolute Gasteiger partial charge is 0.372 e. The van der Waals surface area contributed by atoms with Crippen molar-refractivity contribution in [2.24, 2.45) is 0 Å². The Morgan fingerprint density at radius 3 is 2.33 bits per heavy atom. The van der Waals surface area contributed by atoms with Crippen LogP contribution < -0.4 is 0 Å². The van der Waals surface area contributed by atoms with Gasteiger partial charge >= 0.3 is 0 Å². The van der Waals surface area contributed by atoms with E-state index in [4.69, 9.17) is 30.8 Å². The van der Waals surface area contributed by atoms with Gasteiger partial charge in [-0.1, -0.05) is 0 Å². The second-order valence-electron chi connectivity index (χ2n) is 4.20. The first-order valence-corrected chi connectivity index (χ1v) is 6.03. The number of nitrogens with zero attached hydrogens (tertiary/aromatic N) is 2. The van der Waals surface area contributed by atoms with Crippen LogP contribution in [0.4, 0.5) is 0 Å². The summed E-state index contributed by atoms with van der Waals surface area (Å²) < 4.78 is 22.4. The lowest BCUT2D eigenvalue weighted by Gasteiger charge is -2.16. The minimum atomic E-state index is -0.113. The van der Waals surface area contributed by atoms with Crippen LogP contribution in [0, 0.1) is 17.9 Å². The summed E-state index contributed by atoms with van der Waals surface area (Å²) in [6.45, 7) is 8.81. The first-order chi connectivity index (χ1) is 8.86. The van der Waals surface area contributed by atoms with Gasteiger partial charge < -0.3 is 23.8 Å². The van der Waals surface area contributed by atoms with Crippen LogP contribution in [0.15, 0.2) is 0 Å². The van der Waals surface area contributed by atoms with Crippen molar-refractivity contribution in [3.05, 3.63) is 11.4 Å². The Labute approximate surface area is 106 Å². The molecular weight excluding hydrogens is 236 g/mol. The van der Waals surface area contributed by atoms with Crippen molar-refractivity contribution in [1.82, 2.24) is 0 Å². The molecule has 0 N–H and O–H groups in total. The lowest BCUT2D eigenvalue weighted by Crippen LogP contribution is -2.34. The zero-order chi connectivity index (χ0) is 12.8. The van der Waals surface area contributed by atoms with Crippen LogP contribution in [-0.2, 0) is 18.9 Å². The van der Waals surface area contributed by atoms with Gasteiger partial charge in [0.15, 0.2) is 0 Å². The van der Waals surface area contributed by atoms with E-state index >= 15 is 0 Å². The third-order valence-electron chi connectivity index (χ3n) is 3.04. The van der Waals surface area contributed by atoms with Gasteiger partial charge in [0.1, 0.15) is 31.0 Å². The minimum Gasteiger partial charge on any atom is -0.372 e. The number of hydrogen-bond acceptors (Lipinski definition) is 5. The Kier molecular flexibility index (Phi) is 4.91. The molecule has 0 unspecified atom stereocenters. The summed E-state index contributed by atoms with van der Waals surface area (Å²) in [6.07, 6.45) is -0.0673. The number of nitriles is 1. The van der Waals surface area contributed by atoms with Gasteiger partial charge in [-0.15, -0.1) is 0 Å². The van der Waals surface area contributed by atoms with E-state index in [1.807, 2.05) is 6.07 Å². The molecule has 0 saturated carbocycles. The van der Waals surface area contributed by atoms with Gasteiger partial charge in [0.05, 0.1) is 32.3 Å². The third-order valence-corrected chi connectivity index (χ3v) is 3.04. The molecule has 2 fully saturated rings. The Bertz CT molecular complexity index is 315. The predicted molar refractivity (Wildman–Crippen MR) is 60.7 cm³/mol. The molecule has 2 rings (SSSR count). The summed E-state index contributed by atoms with van der Waals surface area (Å²) in [5.41, 5.74) is 0. The maximum atomic E-state index is 8.45. The van der Waals surface area contributed by atoms with Crippen LogP contribution >= 0.6 is 0 Å². The Hall–Kier alpha value is -1.18. The van der Waals surface area contributed by atoms with Gasteiger partial charge in [0.25, 0.3) is 0 Å². The smallest absolute Gasteiger partial charge is 0.237 e. The lowest BCUT2D eigenvalue weighted by molar-refractivity contribution is -0.0473. The van der Waals surface area contributed by atoms with Crippen LogP contribution in [-0.4, -0.2) is 57.4 Å². The standard InChI is InChI=1S/C12H16N2O4/c1-14-4-6-16-10-8-18-11-9(7-17-12(10)11)15-5-2-3-13/h9-12H,2,4-8H2/t9-,10+,11-,12-/m1/s1. The van der Waals surface area contributed by atoms with Crippen molar-refractivity contribution in [2.45, 2.75) is 30.8 Å². The van der Waals surface area contributed by atoms with Gasteiger partial charge in [-0.3, -0.25) is 0 Å². The molecule has 0 aromatic heterocycles. The molecule has 0 aromatic rings. The van der Waals surface area contributed by atoms with Crippen LogP contribution in [0.1, 0.15) is 6.42 Å². The zero-order valence-electron chi connectivity index (χ0n) is 10.1. The topological polar surface area (TPSA) is 65.1 Å². The van der Waals surface area contributed by atoms with E-state index in [-0.39, 0.29) is 24.4 Å². The molecule has 4 atom stereocenters. The van der Waals surface area contributed by atoms with E-state index in [0.717, 1.165) is 0 Å². The maximum absolute atomic E-state index is 8.45. The summed E-state index contributed by atoms with van der Waals surface area (Å²) in [5.74, 6) is 0. The second kappa shape index (κ2) is 6.67. The molecule has 18 heavy (non-hydrogen) atoms. The van der Waals surface area contributed by atoms with Gasteiger partial charge in [-0.2, -0.15) is 5.26 Å². The molecule has 2 aliphatic rings. The average molecular weight is 252 g/mol. The number of fused-ring (bicyclic) bond motifs is 1. The van der Waals surface area contributed by atoms with E-state index in [1.165, 1.54) is 0 Å². The van der Waals surface area contributed by atoms with Crippen molar-refractivity contribution in [1.29, 1.82) is 5.26 Å². The summed E-state index contributed by atoms with van der Waals surface area (Å²) >= 11 is 0.